The van der Waals surface area contributed by atoms with E-state index < -0.39 is 28.9 Å². The summed E-state index contributed by atoms with van der Waals surface area (Å²) < 4.78 is 68.7. The normalized spacial score (nSPS) is 16.5. The Kier molecular flexibility index (Phi) is 3.73. The summed E-state index contributed by atoms with van der Waals surface area (Å²) in [5, 5.41) is 0. The second-order valence-corrected chi connectivity index (χ2v) is 5.43. The van der Waals surface area contributed by atoms with Crippen molar-refractivity contribution in [2.24, 2.45) is 11.5 Å². The Bertz CT molecular complexity index is 859. The van der Waals surface area contributed by atoms with Gasteiger partial charge in [-0.05, 0) is 25.1 Å². The lowest BCUT2D eigenvalue weighted by atomic mass is 10.1. The summed E-state index contributed by atoms with van der Waals surface area (Å²) in [7, 11) is 0. The van der Waals surface area contributed by atoms with Crippen molar-refractivity contribution >= 4 is 16.6 Å². The zero-order valence-electron chi connectivity index (χ0n) is 12.2. The highest BCUT2D eigenvalue weighted by Gasteiger charge is 2.41. The highest BCUT2D eigenvalue weighted by molar-refractivity contribution is 5.85. The number of nitrogens with zero attached hydrogens (tertiary/aromatic N) is 2. The molecule has 1 heterocycles. The van der Waals surface area contributed by atoms with Gasteiger partial charge in [-0.1, -0.05) is 0 Å². The molecule has 128 valence electrons. The van der Waals surface area contributed by atoms with E-state index in [0.29, 0.717) is 12.8 Å². The molecule has 0 aliphatic heterocycles. The van der Waals surface area contributed by atoms with Crippen molar-refractivity contribution in [2.45, 2.75) is 25.1 Å². The van der Waals surface area contributed by atoms with Crippen molar-refractivity contribution in [2.75, 3.05) is 0 Å². The summed E-state index contributed by atoms with van der Waals surface area (Å²) >= 11 is 0. The maximum absolute atomic E-state index is 13.8. The minimum absolute atomic E-state index is 0.0900. The fraction of sp³-hybridized carbons (Fsp3) is 0.267. The molecule has 1 aromatic heterocycles. The number of aromatic nitrogens is 2. The Morgan fingerprint density at radius 3 is 2.42 bits per heavy atom. The zero-order chi connectivity index (χ0) is 17.6. The molecule has 1 saturated carbocycles. The molecule has 24 heavy (non-hydrogen) atoms. The first-order chi connectivity index (χ1) is 11.3. The fourth-order valence-electron chi connectivity index (χ4n) is 2.65. The Morgan fingerprint density at radius 2 is 1.92 bits per heavy atom. The second kappa shape index (κ2) is 5.50. The lowest BCUT2D eigenvalue weighted by Gasteiger charge is -2.11. The molecule has 1 aliphatic rings. The first kappa shape index (κ1) is 16.3. The number of rotatable bonds is 3. The van der Waals surface area contributed by atoms with Crippen LogP contribution in [-0.4, -0.2) is 9.55 Å². The van der Waals surface area contributed by atoms with Crippen LogP contribution in [0.2, 0.25) is 0 Å². The molecule has 9 heteroatoms. The maximum Gasteiger partial charge on any atom is 0.421 e. The van der Waals surface area contributed by atoms with Crippen molar-refractivity contribution < 1.29 is 22.0 Å². The van der Waals surface area contributed by atoms with Gasteiger partial charge in [-0.2, -0.15) is 13.2 Å². The summed E-state index contributed by atoms with van der Waals surface area (Å²) in [6.07, 6.45) is -0.0443. The SMILES string of the molecule is N/C=C\C(=C/N)c1nc2c(C(F)(F)F)c(F)c(F)cc2n1C1CC1. The third-order valence-electron chi connectivity index (χ3n) is 3.79. The van der Waals surface area contributed by atoms with Crippen molar-refractivity contribution in [1.29, 1.82) is 0 Å². The van der Waals surface area contributed by atoms with Crippen LogP contribution < -0.4 is 11.5 Å². The van der Waals surface area contributed by atoms with Crippen LogP contribution in [-0.2, 0) is 6.18 Å². The van der Waals surface area contributed by atoms with Gasteiger partial charge in [0, 0.05) is 23.9 Å². The highest BCUT2D eigenvalue weighted by atomic mass is 19.4. The van der Waals surface area contributed by atoms with Crippen LogP contribution in [0.5, 0.6) is 0 Å². The molecule has 1 aliphatic carbocycles. The molecule has 0 atom stereocenters. The van der Waals surface area contributed by atoms with Gasteiger partial charge in [0.1, 0.15) is 16.9 Å². The molecule has 3 rings (SSSR count). The van der Waals surface area contributed by atoms with Gasteiger partial charge in [0.25, 0.3) is 0 Å². The Morgan fingerprint density at radius 1 is 1.25 bits per heavy atom. The first-order valence-electron chi connectivity index (χ1n) is 7.07. The van der Waals surface area contributed by atoms with Crippen LogP contribution in [0.25, 0.3) is 16.6 Å². The van der Waals surface area contributed by atoms with Gasteiger partial charge < -0.3 is 16.0 Å². The van der Waals surface area contributed by atoms with Crippen LogP contribution >= 0.6 is 0 Å². The van der Waals surface area contributed by atoms with Gasteiger partial charge in [0.2, 0.25) is 0 Å². The van der Waals surface area contributed by atoms with E-state index in [1.807, 2.05) is 0 Å². The van der Waals surface area contributed by atoms with Crippen LogP contribution in [0.1, 0.15) is 30.3 Å². The van der Waals surface area contributed by atoms with Gasteiger partial charge >= 0.3 is 6.18 Å². The lowest BCUT2D eigenvalue weighted by Crippen LogP contribution is -2.11. The van der Waals surface area contributed by atoms with Crippen LogP contribution in [0, 0.1) is 11.6 Å². The Labute approximate surface area is 133 Å². The van der Waals surface area contributed by atoms with Crippen LogP contribution in [0.15, 0.2) is 24.5 Å². The van der Waals surface area contributed by atoms with E-state index in [4.69, 9.17) is 11.5 Å². The molecular weight excluding hydrogens is 331 g/mol. The molecule has 1 fully saturated rings. The molecule has 0 saturated heterocycles. The van der Waals surface area contributed by atoms with Gasteiger partial charge in [0.05, 0.1) is 5.52 Å². The zero-order valence-corrected chi connectivity index (χ0v) is 12.2. The third-order valence-corrected chi connectivity index (χ3v) is 3.79. The van der Waals surface area contributed by atoms with E-state index in [1.54, 1.807) is 0 Å². The fourth-order valence-corrected chi connectivity index (χ4v) is 2.65. The Balaban J connectivity index is 2.42. The third kappa shape index (κ3) is 2.49. The van der Waals surface area contributed by atoms with Crippen LogP contribution in [0.3, 0.4) is 0 Å². The van der Waals surface area contributed by atoms with Crippen LogP contribution in [0.4, 0.5) is 22.0 Å². The molecule has 4 nitrogen and oxygen atoms in total. The molecule has 1 aromatic carbocycles. The number of hydrogen-bond acceptors (Lipinski definition) is 3. The monoisotopic (exact) mass is 344 g/mol. The highest BCUT2D eigenvalue weighted by Crippen LogP contribution is 2.44. The van der Waals surface area contributed by atoms with Crippen molar-refractivity contribution in [1.82, 2.24) is 9.55 Å². The average Bonchev–Trinajstić information content (AvgIpc) is 3.26. The molecule has 2 aromatic rings. The quantitative estimate of drug-likeness (QED) is 0.662. The summed E-state index contributed by atoms with van der Waals surface area (Å²) in [5.74, 6) is -3.45. The molecule has 4 N–H and O–H groups in total. The largest absolute Gasteiger partial charge is 0.421 e. The summed E-state index contributed by atoms with van der Waals surface area (Å²) in [4.78, 5) is 3.91. The predicted molar refractivity (Wildman–Crippen MR) is 78.4 cm³/mol. The number of halogens is 5. The van der Waals surface area contributed by atoms with E-state index in [2.05, 4.69) is 4.98 Å². The second-order valence-electron chi connectivity index (χ2n) is 5.43. The Hall–Kier alpha value is -2.58. The number of allylic oxidation sites excluding steroid dienone is 2. The number of fused-ring (bicyclic) bond motifs is 1. The van der Waals surface area contributed by atoms with E-state index in [-0.39, 0.29) is 23.0 Å². The van der Waals surface area contributed by atoms with Gasteiger partial charge in [-0.15, -0.1) is 0 Å². The first-order valence-corrected chi connectivity index (χ1v) is 7.07. The minimum atomic E-state index is -5.08. The summed E-state index contributed by atoms with van der Waals surface area (Å²) in [6.45, 7) is 0. The number of alkyl halides is 3. The molecule has 0 amide bonds. The standard InChI is InChI=1S/C15H13F5N4/c16-9-5-10-13(11(12(9)17)15(18,19)20)23-14(7(6-22)3-4-21)24(10)8-1-2-8/h3-6,8H,1-2,21-22H2/b4-3-,7-6+. The lowest BCUT2D eigenvalue weighted by molar-refractivity contribution is -0.139. The smallest absolute Gasteiger partial charge is 0.405 e. The number of nitrogens with two attached hydrogens (primary N) is 2. The summed E-state index contributed by atoms with van der Waals surface area (Å²) in [5.41, 5.74) is 8.58. The maximum atomic E-state index is 13.8. The van der Waals surface area contributed by atoms with Gasteiger partial charge in [-0.3, -0.25) is 0 Å². The van der Waals surface area contributed by atoms with E-state index in [9.17, 15) is 22.0 Å². The van der Waals surface area contributed by atoms with E-state index >= 15 is 0 Å². The molecule has 0 spiro atoms. The van der Waals surface area contributed by atoms with Gasteiger partial charge in [-0.25, -0.2) is 13.8 Å². The topological polar surface area (TPSA) is 69.9 Å². The van der Waals surface area contributed by atoms with Crippen molar-refractivity contribution in [3.8, 4) is 0 Å². The molecule has 0 unspecified atom stereocenters. The average molecular weight is 344 g/mol. The molecule has 0 bridgehead atoms. The van der Waals surface area contributed by atoms with Crippen molar-refractivity contribution in [3.05, 3.63) is 47.6 Å². The van der Waals surface area contributed by atoms with Crippen molar-refractivity contribution in [3.63, 3.8) is 0 Å². The van der Waals surface area contributed by atoms with E-state index in [1.165, 1.54) is 10.6 Å². The summed E-state index contributed by atoms with van der Waals surface area (Å²) in [6, 6.07) is 0.590. The van der Waals surface area contributed by atoms with E-state index in [0.717, 1.165) is 18.5 Å². The molecule has 0 radical (unpaired) electrons. The van der Waals surface area contributed by atoms with Gasteiger partial charge in [0.15, 0.2) is 11.6 Å². The minimum Gasteiger partial charge on any atom is -0.405 e. The molecular formula is C15H13F5N4. The predicted octanol–water partition coefficient (Wildman–Crippen LogP) is 3.44. The number of hydrogen-bond donors (Lipinski definition) is 2. The number of imidazole rings is 1. The number of benzene rings is 1.